The van der Waals surface area contributed by atoms with Gasteiger partial charge in [-0.15, -0.1) is 11.3 Å². The van der Waals surface area contributed by atoms with Crippen molar-refractivity contribution in [2.75, 3.05) is 25.3 Å². The van der Waals surface area contributed by atoms with E-state index in [1.54, 1.807) is 29.4 Å². The molecule has 14 heavy (non-hydrogen) atoms. The molecule has 74 valence electrons. The van der Waals surface area contributed by atoms with E-state index in [2.05, 4.69) is 15.0 Å². The molecule has 0 amide bonds. The van der Waals surface area contributed by atoms with Crippen molar-refractivity contribution >= 4 is 39.3 Å². The lowest BCUT2D eigenvalue weighted by Crippen LogP contribution is -2.10. The molecule has 2 rings (SSSR count). The summed E-state index contributed by atoms with van der Waals surface area (Å²) in [4.78, 5) is 14.7. The average Bonchev–Trinajstić information content (AvgIpc) is 2.59. The molecule has 6 heteroatoms. The molecule has 2 aromatic heterocycles. The summed E-state index contributed by atoms with van der Waals surface area (Å²) in [7, 11) is 3.94. The van der Waals surface area contributed by atoms with E-state index in [-0.39, 0.29) is 0 Å². The summed E-state index contributed by atoms with van der Waals surface area (Å²) in [5.41, 5.74) is 0.790. The van der Waals surface area contributed by atoms with Crippen molar-refractivity contribution in [3.05, 3.63) is 6.33 Å². The Morgan fingerprint density at radius 3 is 2.79 bits per heavy atom. The summed E-state index contributed by atoms with van der Waals surface area (Å²) >= 11 is 3.27. The van der Waals surface area contributed by atoms with Crippen LogP contribution in [-0.4, -0.2) is 35.3 Å². The van der Waals surface area contributed by atoms with Crippen molar-refractivity contribution < 1.29 is 0 Å². The second-order valence-electron chi connectivity index (χ2n) is 2.93. The number of nitrogens with zero attached hydrogens (tertiary/aromatic N) is 4. The van der Waals surface area contributed by atoms with Gasteiger partial charge in [-0.2, -0.15) is 0 Å². The molecule has 2 heterocycles. The maximum Gasteiger partial charge on any atom is 0.176 e. The molecule has 0 saturated carbocycles. The molecule has 4 nitrogen and oxygen atoms in total. The molecule has 0 aliphatic heterocycles. The van der Waals surface area contributed by atoms with Crippen molar-refractivity contribution in [1.29, 1.82) is 0 Å². The van der Waals surface area contributed by atoms with Crippen LogP contribution in [0.3, 0.4) is 0 Å². The van der Waals surface area contributed by atoms with Crippen molar-refractivity contribution in [2.24, 2.45) is 0 Å². The van der Waals surface area contributed by atoms with Crippen molar-refractivity contribution in [3.63, 3.8) is 0 Å². The van der Waals surface area contributed by atoms with Crippen molar-refractivity contribution in [2.45, 2.75) is 4.34 Å². The quantitative estimate of drug-likeness (QED) is 0.731. The van der Waals surface area contributed by atoms with Gasteiger partial charge in [0.2, 0.25) is 0 Å². The van der Waals surface area contributed by atoms with Crippen LogP contribution in [0.4, 0.5) is 5.82 Å². The second-order valence-corrected chi connectivity index (χ2v) is 4.98. The zero-order valence-electron chi connectivity index (χ0n) is 8.18. The third-order valence-electron chi connectivity index (χ3n) is 1.75. The Morgan fingerprint density at radius 1 is 1.36 bits per heavy atom. The zero-order chi connectivity index (χ0) is 10.1. The zero-order valence-corrected chi connectivity index (χ0v) is 9.82. The van der Waals surface area contributed by atoms with Gasteiger partial charge in [-0.1, -0.05) is 11.8 Å². The van der Waals surface area contributed by atoms with Crippen molar-refractivity contribution in [3.8, 4) is 0 Å². The second kappa shape index (κ2) is 3.70. The van der Waals surface area contributed by atoms with Crippen LogP contribution < -0.4 is 4.90 Å². The van der Waals surface area contributed by atoms with Crippen LogP contribution in [0.1, 0.15) is 0 Å². The van der Waals surface area contributed by atoms with E-state index in [1.807, 2.05) is 25.3 Å². The Morgan fingerprint density at radius 2 is 2.14 bits per heavy atom. The summed E-state index contributed by atoms with van der Waals surface area (Å²) < 4.78 is 2.09. The maximum atomic E-state index is 4.38. The molecule has 0 saturated heterocycles. The molecule has 0 bridgehead atoms. The SMILES string of the molecule is CSc1nc2ncnc(N(C)C)c2s1. The molecule has 0 N–H and O–H groups in total. The fourth-order valence-corrected chi connectivity index (χ4v) is 2.71. The smallest absolute Gasteiger partial charge is 0.176 e. The molecule has 2 aromatic rings. The highest BCUT2D eigenvalue weighted by Crippen LogP contribution is 2.31. The summed E-state index contributed by atoms with van der Waals surface area (Å²) in [5, 5.41) is 0. The Bertz CT molecular complexity index is 452. The van der Waals surface area contributed by atoms with Gasteiger partial charge in [0.25, 0.3) is 0 Å². The van der Waals surface area contributed by atoms with Gasteiger partial charge in [-0.3, -0.25) is 0 Å². The van der Waals surface area contributed by atoms with Gasteiger partial charge in [0.15, 0.2) is 15.8 Å². The molecule has 0 unspecified atom stereocenters. The fourth-order valence-electron chi connectivity index (χ4n) is 1.13. The number of hydrogen-bond acceptors (Lipinski definition) is 6. The first-order valence-electron chi connectivity index (χ1n) is 4.05. The van der Waals surface area contributed by atoms with Crippen LogP contribution in [0, 0.1) is 0 Å². The standard InChI is InChI=1S/C8H10N4S2/c1-12(2)7-5-6(9-4-10-7)11-8(13-3)14-5/h4H,1-3H3. The minimum absolute atomic E-state index is 0.790. The minimum atomic E-state index is 0.790. The Labute approximate surface area is 90.4 Å². The number of aromatic nitrogens is 3. The summed E-state index contributed by atoms with van der Waals surface area (Å²) in [5.74, 6) is 0.938. The normalized spacial score (nSPS) is 10.8. The highest BCUT2D eigenvalue weighted by molar-refractivity contribution is 8.00. The molecule has 0 aliphatic carbocycles. The van der Waals surface area contributed by atoms with Crippen molar-refractivity contribution in [1.82, 2.24) is 15.0 Å². The number of thiazole rings is 1. The van der Waals surface area contributed by atoms with Crippen LogP contribution in [0.15, 0.2) is 10.7 Å². The van der Waals surface area contributed by atoms with Crippen LogP contribution in [0.25, 0.3) is 10.3 Å². The van der Waals surface area contributed by atoms with Crippen LogP contribution >= 0.6 is 23.1 Å². The average molecular weight is 226 g/mol. The van der Waals surface area contributed by atoms with E-state index in [0.717, 1.165) is 20.5 Å². The van der Waals surface area contributed by atoms with E-state index in [1.165, 1.54) is 0 Å². The monoisotopic (exact) mass is 226 g/mol. The van der Waals surface area contributed by atoms with Gasteiger partial charge < -0.3 is 4.90 Å². The van der Waals surface area contributed by atoms with E-state index >= 15 is 0 Å². The number of hydrogen-bond donors (Lipinski definition) is 0. The van der Waals surface area contributed by atoms with Crippen LogP contribution in [0.5, 0.6) is 0 Å². The number of anilines is 1. The highest BCUT2D eigenvalue weighted by atomic mass is 32.2. The van der Waals surface area contributed by atoms with Crippen LogP contribution in [0.2, 0.25) is 0 Å². The molecule has 0 aliphatic rings. The minimum Gasteiger partial charge on any atom is -0.361 e. The molecule has 0 atom stereocenters. The van der Waals surface area contributed by atoms with E-state index in [4.69, 9.17) is 0 Å². The lowest BCUT2D eigenvalue weighted by Gasteiger charge is -2.09. The molecular weight excluding hydrogens is 216 g/mol. The molecule has 0 fully saturated rings. The maximum absolute atomic E-state index is 4.38. The molecule has 0 radical (unpaired) electrons. The molecule has 0 spiro atoms. The number of rotatable bonds is 2. The van der Waals surface area contributed by atoms with Gasteiger partial charge in [0.05, 0.1) is 0 Å². The molecular formula is C8H10N4S2. The van der Waals surface area contributed by atoms with Crippen LogP contribution in [-0.2, 0) is 0 Å². The first-order chi connectivity index (χ1) is 6.72. The van der Waals surface area contributed by atoms with Gasteiger partial charge in [0, 0.05) is 14.1 Å². The summed E-state index contributed by atoms with van der Waals surface area (Å²) in [6.07, 6.45) is 3.57. The number of fused-ring (bicyclic) bond motifs is 1. The third-order valence-corrected chi connectivity index (χ3v) is 3.78. The lowest BCUT2D eigenvalue weighted by molar-refractivity contribution is 1.06. The summed E-state index contributed by atoms with van der Waals surface area (Å²) in [6.45, 7) is 0. The largest absolute Gasteiger partial charge is 0.361 e. The predicted octanol–water partition coefficient (Wildman–Crippen LogP) is 1.87. The summed E-state index contributed by atoms with van der Waals surface area (Å²) in [6, 6.07) is 0. The number of thioether (sulfide) groups is 1. The topological polar surface area (TPSA) is 41.9 Å². The van der Waals surface area contributed by atoms with Gasteiger partial charge in [-0.25, -0.2) is 15.0 Å². The fraction of sp³-hybridized carbons (Fsp3) is 0.375. The van der Waals surface area contributed by atoms with Gasteiger partial charge >= 0.3 is 0 Å². The van der Waals surface area contributed by atoms with E-state index in [0.29, 0.717) is 0 Å². The van der Waals surface area contributed by atoms with Gasteiger partial charge in [0.1, 0.15) is 11.0 Å². The van der Waals surface area contributed by atoms with E-state index < -0.39 is 0 Å². The first kappa shape index (κ1) is 9.67. The van der Waals surface area contributed by atoms with E-state index in [9.17, 15) is 0 Å². The highest BCUT2D eigenvalue weighted by Gasteiger charge is 2.10. The lowest BCUT2D eigenvalue weighted by atomic mass is 10.5. The Kier molecular flexibility index (Phi) is 2.56. The van der Waals surface area contributed by atoms with Gasteiger partial charge in [-0.05, 0) is 6.26 Å². The predicted molar refractivity (Wildman–Crippen MR) is 61.3 cm³/mol. The Balaban J connectivity index is 2.66. The molecule has 0 aromatic carbocycles. The third kappa shape index (κ3) is 1.55. The Hall–Kier alpha value is -0.880. The first-order valence-corrected chi connectivity index (χ1v) is 6.09.